The van der Waals surface area contributed by atoms with Gasteiger partial charge in [-0.1, -0.05) is 30.3 Å². The molecule has 33 heavy (non-hydrogen) atoms. The number of imidazole rings is 1. The monoisotopic (exact) mass is 473 g/mol. The Labute approximate surface area is 192 Å². The molecule has 0 saturated heterocycles. The topological polar surface area (TPSA) is 123 Å². The Hall–Kier alpha value is -3.44. The fourth-order valence-corrected chi connectivity index (χ4v) is 4.11. The van der Waals surface area contributed by atoms with E-state index in [1.54, 1.807) is 6.07 Å². The molecule has 0 fully saturated rings. The van der Waals surface area contributed by atoms with Crippen molar-refractivity contribution in [1.82, 2.24) is 24.5 Å². The van der Waals surface area contributed by atoms with Gasteiger partial charge in [-0.15, -0.1) is 0 Å². The number of aromatic nitrogens is 2. The normalized spacial score (nSPS) is 11.5. The second-order valence-electron chi connectivity index (χ2n) is 7.39. The van der Waals surface area contributed by atoms with Crippen molar-refractivity contribution in [3.05, 3.63) is 59.9 Å². The van der Waals surface area contributed by atoms with Gasteiger partial charge in [-0.3, -0.25) is 4.79 Å². The van der Waals surface area contributed by atoms with Crippen molar-refractivity contribution in [1.29, 1.82) is 0 Å². The first-order valence-corrected chi connectivity index (χ1v) is 11.8. The molecular formula is C22H27N5O5S. The molecule has 0 atom stereocenters. The fourth-order valence-electron chi connectivity index (χ4n) is 3.18. The number of rotatable bonds is 9. The molecule has 0 unspecified atom stereocenters. The van der Waals surface area contributed by atoms with Crippen LogP contribution in [0.4, 0.5) is 4.79 Å². The van der Waals surface area contributed by atoms with E-state index in [-0.39, 0.29) is 18.0 Å². The Balaban J connectivity index is 1.58. The third-order valence-corrected chi connectivity index (χ3v) is 6.76. The number of fused-ring (bicyclic) bond motifs is 1. The number of hydrogen-bond acceptors (Lipinski definition) is 6. The molecule has 0 aliphatic rings. The second-order valence-corrected chi connectivity index (χ2v) is 9.54. The van der Waals surface area contributed by atoms with Crippen molar-refractivity contribution < 1.29 is 22.7 Å². The second kappa shape index (κ2) is 10.5. The highest BCUT2D eigenvalue weighted by Gasteiger charge is 2.20. The van der Waals surface area contributed by atoms with E-state index in [2.05, 4.69) is 15.6 Å². The number of amides is 2. The number of sulfonamides is 1. The number of urea groups is 1. The van der Waals surface area contributed by atoms with Gasteiger partial charge in [0, 0.05) is 27.2 Å². The maximum Gasteiger partial charge on any atom is 0.325 e. The quantitative estimate of drug-likeness (QED) is 0.457. The summed E-state index contributed by atoms with van der Waals surface area (Å²) in [6.07, 6.45) is 0. The van der Waals surface area contributed by atoms with E-state index in [9.17, 15) is 18.0 Å². The summed E-state index contributed by atoms with van der Waals surface area (Å²) in [5.74, 6) is -0.135. The van der Waals surface area contributed by atoms with Crippen LogP contribution in [-0.2, 0) is 39.3 Å². The molecule has 0 bridgehead atoms. The summed E-state index contributed by atoms with van der Waals surface area (Å²) in [5, 5.41) is 5.12. The van der Waals surface area contributed by atoms with Crippen molar-refractivity contribution in [2.45, 2.75) is 31.5 Å². The lowest BCUT2D eigenvalue weighted by molar-refractivity contribution is -0.143. The fraction of sp³-hybridized carbons (Fsp3) is 0.318. The minimum absolute atomic E-state index is 0.107. The molecule has 3 aromatic rings. The Morgan fingerprint density at radius 3 is 2.48 bits per heavy atom. The first-order chi connectivity index (χ1) is 15.7. The van der Waals surface area contributed by atoms with E-state index < -0.39 is 22.0 Å². The molecular weight excluding hydrogens is 446 g/mol. The molecule has 0 aliphatic carbocycles. The number of hydrogen-bond donors (Lipinski definition) is 2. The average molecular weight is 474 g/mol. The van der Waals surface area contributed by atoms with Gasteiger partial charge in [0.25, 0.3) is 0 Å². The van der Waals surface area contributed by atoms with Crippen LogP contribution in [0.25, 0.3) is 11.0 Å². The Bertz CT molecular complexity index is 1240. The summed E-state index contributed by atoms with van der Waals surface area (Å²) in [5.41, 5.74) is 2.17. The van der Waals surface area contributed by atoms with Gasteiger partial charge in [0.1, 0.15) is 19.0 Å². The Morgan fingerprint density at radius 2 is 1.82 bits per heavy atom. The Kier molecular flexibility index (Phi) is 7.67. The van der Waals surface area contributed by atoms with Crippen LogP contribution in [0, 0.1) is 0 Å². The maximum atomic E-state index is 12.4. The summed E-state index contributed by atoms with van der Waals surface area (Å²) in [7, 11) is -0.663. The van der Waals surface area contributed by atoms with Gasteiger partial charge < -0.3 is 19.9 Å². The average Bonchev–Trinajstić information content (AvgIpc) is 3.17. The van der Waals surface area contributed by atoms with Crippen LogP contribution in [0.5, 0.6) is 0 Å². The third-order valence-electron chi connectivity index (χ3n) is 4.94. The van der Waals surface area contributed by atoms with Gasteiger partial charge >= 0.3 is 12.0 Å². The van der Waals surface area contributed by atoms with E-state index in [0.717, 1.165) is 15.4 Å². The minimum atomic E-state index is -3.59. The van der Waals surface area contributed by atoms with Gasteiger partial charge in [-0.25, -0.2) is 22.5 Å². The lowest BCUT2D eigenvalue weighted by Crippen LogP contribution is -2.38. The van der Waals surface area contributed by atoms with Crippen molar-refractivity contribution in [3.8, 4) is 0 Å². The summed E-state index contributed by atoms with van der Waals surface area (Å²) in [6, 6.07) is 13.6. The largest absolute Gasteiger partial charge is 0.456 e. The van der Waals surface area contributed by atoms with Crippen LogP contribution in [0.15, 0.2) is 53.4 Å². The summed E-state index contributed by atoms with van der Waals surface area (Å²) >= 11 is 0. The molecule has 0 spiro atoms. The highest BCUT2D eigenvalue weighted by Crippen LogP contribution is 2.22. The number of aryl methyl sites for hydroxylation is 1. The zero-order valence-corrected chi connectivity index (χ0v) is 19.6. The van der Waals surface area contributed by atoms with Gasteiger partial charge in [0.15, 0.2) is 0 Å². The smallest absolute Gasteiger partial charge is 0.325 e. The lowest BCUT2D eigenvalue weighted by atomic mass is 10.2. The number of ether oxygens (including phenoxy) is 1. The summed E-state index contributed by atoms with van der Waals surface area (Å²) < 4.78 is 33.0. The van der Waals surface area contributed by atoms with E-state index in [0.29, 0.717) is 24.4 Å². The van der Waals surface area contributed by atoms with Gasteiger partial charge in [0.05, 0.1) is 15.9 Å². The van der Waals surface area contributed by atoms with Gasteiger partial charge in [-0.2, -0.15) is 0 Å². The molecule has 1 aromatic heterocycles. The van der Waals surface area contributed by atoms with Crippen LogP contribution in [-0.4, -0.2) is 54.9 Å². The molecule has 176 valence electrons. The van der Waals surface area contributed by atoms with E-state index in [4.69, 9.17) is 4.74 Å². The zero-order chi connectivity index (χ0) is 24.0. The standard InChI is InChI=1S/C22H27N5O5S/c1-4-27-19-11-10-17(33(30,31)26(2)3)12-18(19)25-20(27)15-32-21(28)14-24-22(29)23-13-16-8-6-5-7-9-16/h5-12H,4,13-15H2,1-3H3,(H2,23,24,29). The lowest BCUT2D eigenvalue weighted by Gasteiger charge is -2.11. The number of esters is 1. The number of nitrogens with one attached hydrogen (secondary N) is 2. The molecule has 0 saturated carbocycles. The molecule has 2 aromatic carbocycles. The van der Waals surface area contributed by atoms with Crippen LogP contribution < -0.4 is 10.6 Å². The van der Waals surface area contributed by atoms with Crippen LogP contribution in [0.3, 0.4) is 0 Å². The van der Waals surface area contributed by atoms with Crippen LogP contribution in [0.2, 0.25) is 0 Å². The highest BCUT2D eigenvalue weighted by molar-refractivity contribution is 7.89. The third kappa shape index (κ3) is 5.88. The zero-order valence-electron chi connectivity index (χ0n) is 18.7. The van der Waals surface area contributed by atoms with Gasteiger partial charge in [-0.05, 0) is 30.7 Å². The van der Waals surface area contributed by atoms with Crippen molar-refractivity contribution in [2.24, 2.45) is 0 Å². The molecule has 1 heterocycles. The molecule has 10 nitrogen and oxygen atoms in total. The molecule has 11 heteroatoms. The Morgan fingerprint density at radius 1 is 1.09 bits per heavy atom. The molecule has 2 amide bonds. The molecule has 0 radical (unpaired) electrons. The number of carbonyl (C=O) groups excluding carboxylic acids is 2. The van der Waals surface area contributed by atoms with Crippen molar-refractivity contribution in [2.75, 3.05) is 20.6 Å². The maximum absolute atomic E-state index is 12.4. The van der Waals surface area contributed by atoms with Crippen LogP contribution >= 0.6 is 0 Å². The van der Waals surface area contributed by atoms with E-state index in [1.165, 1.54) is 26.2 Å². The molecule has 3 rings (SSSR count). The van der Waals surface area contributed by atoms with Gasteiger partial charge in [0.2, 0.25) is 10.0 Å². The number of nitrogens with zero attached hydrogens (tertiary/aromatic N) is 3. The summed E-state index contributed by atoms with van der Waals surface area (Å²) in [4.78, 5) is 28.5. The number of benzene rings is 2. The molecule has 0 aliphatic heterocycles. The summed E-state index contributed by atoms with van der Waals surface area (Å²) in [6.45, 7) is 2.41. The minimum Gasteiger partial charge on any atom is -0.456 e. The first-order valence-electron chi connectivity index (χ1n) is 10.3. The van der Waals surface area contributed by atoms with Crippen LogP contribution in [0.1, 0.15) is 18.3 Å². The first kappa shape index (κ1) is 24.2. The highest BCUT2D eigenvalue weighted by atomic mass is 32.2. The molecule has 2 N–H and O–H groups in total. The van der Waals surface area contributed by atoms with E-state index >= 15 is 0 Å². The SMILES string of the molecule is CCn1c(COC(=O)CNC(=O)NCc2ccccc2)nc2cc(S(=O)(=O)N(C)C)ccc21. The van der Waals surface area contributed by atoms with Crippen molar-refractivity contribution in [3.63, 3.8) is 0 Å². The predicted octanol–water partition coefficient (Wildman–Crippen LogP) is 1.85. The predicted molar refractivity (Wildman–Crippen MR) is 123 cm³/mol. The van der Waals surface area contributed by atoms with E-state index in [1.807, 2.05) is 41.8 Å². The number of carbonyl (C=O) groups is 2. The van der Waals surface area contributed by atoms with Crippen molar-refractivity contribution >= 4 is 33.1 Å².